The van der Waals surface area contributed by atoms with E-state index < -0.39 is 5.97 Å². The Morgan fingerprint density at radius 3 is 2.12 bits per heavy atom. The SMILES string of the molecule is CCCCCCC(CCCCCCCCCCC(=O)O)O[C@H]1CC[C@@]2(C)C(=CC[C@H]3[C@@H]4CC[C@H]([C@H](C)CCCC(C)C)[C@@]4(C)CC[C@@H]32)C1. The Kier molecular flexibility index (Phi) is 16.4. The maximum Gasteiger partial charge on any atom is 0.303 e. The second-order valence-electron chi connectivity index (χ2n) is 18.5. The van der Waals surface area contributed by atoms with E-state index in [-0.39, 0.29) is 0 Å². The third-order valence-corrected chi connectivity index (χ3v) is 14.7. The molecule has 0 heterocycles. The summed E-state index contributed by atoms with van der Waals surface area (Å²) in [6.45, 7) is 15.1. The molecule has 0 radical (unpaired) electrons. The summed E-state index contributed by atoms with van der Waals surface area (Å²) in [5, 5.41) is 8.82. The highest BCUT2D eigenvalue weighted by atomic mass is 16.5. The van der Waals surface area contributed by atoms with Gasteiger partial charge in [0.25, 0.3) is 0 Å². The summed E-state index contributed by atoms with van der Waals surface area (Å²) in [7, 11) is 0. The van der Waals surface area contributed by atoms with Gasteiger partial charge in [-0.05, 0) is 117 Å². The van der Waals surface area contributed by atoms with E-state index in [0.717, 1.165) is 48.3 Å². The number of carboxylic acids is 1. The second-order valence-corrected chi connectivity index (χ2v) is 18.5. The fourth-order valence-electron chi connectivity index (χ4n) is 11.8. The summed E-state index contributed by atoms with van der Waals surface area (Å²) in [6.07, 6.45) is 36.7. The number of rotatable bonds is 23. The summed E-state index contributed by atoms with van der Waals surface area (Å²) < 4.78 is 7.08. The van der Waals surface area contributed by atoms with E-state index in [1.165, 1.54) is 148 Å². The zero-order valence-electron chi connectivity index (χ0n) is 32.8. The maximum absolute atomic E-state index is 10.7. The molecule has 0 aliphatic heterocycles. The van der Waals surface area contributed by atoms with E-state index in [9.17, 15) is 4.79 Å². The van der Waals surface area contributed by atoms with Crippen molar-refractivity contribution in [1.29, 1.82) is 0 Å². The number of allylic oxidation sites excluding steroid dienone is 1. The highest BCUT2D eigenvalue weighted by molar-refractivity contribution is 5.66. The highest BCUT2D eigenvalue weighted by Crippen LogP contribution is 2.67. The van der Waals surface area contributed by atoms with Crippen LogP contribution in [0.15, 0.2) is 11.6 Å². The molecule has 0 aromatic rings. The second kappa shape index (κ2) is 19.7. The molecule has 3 heteroatoms. The van der Waals surface area contributed by atoms with E-state index in [4.69, 9.17) is 9.84 Å². The number of fused-ring (bicyclic) bond motifs is 5. The van der Waals surface area contributed by atoms with Crippen LogP contribution in [0.5, 0.6) is 0 Å². The van der Waals surface area contributed by atoms with Gasteiger partial charge in [-0.25, -0.2) is 0 Å². The molecule has 0 amide bonds. The molecule has 9 atom stereocenters. The molecular formula is C45H80O3. The Labute approximate surface area is 298 Å². The number of unbranched alkanes of at least 4 members (excludes halogenated alkanes) is 10. The van der Waals surface area contributed by atoms with Crippen molar-refractivity contribution in [3.63, 3.8) is 0 Å². The monoisotopic (exact) mass is 669 g/mol. The van der Waals surface area contributed by atoms with Crippen LogP contribution in [-0.4, -0.2) is 23.3 Å². The van der Waals surface area contributed by atoms with Crippen LogP contribution in [0.3, 0.4) is 0 Å². The Balaban J connectivity index is 1.26. The normalized spacial score (nSPS) is 32.7. The van der Waals surface area contributed by atoms with Gasteiger partial charge in [-0.3, -0.25) is 4.79 Å². The largest absolute Gasteiger partial charge is 0.481 e. The summed E-state index contributed by atoms with van der Waals surface area (Å²) in [5.41, 5.74) is 2.77. The first kappa shape index (κ1) is 39.9. The smallest absolute Gasteiger partial charge is 0.303 e. The molecule has 0 spiro atoms. The lowest BCUT2D eigenvalue weighted by atomic mass is 9.47. The van der Waals surface area contributed by atoms with Crippen molar-refractivity contribution in [3.8, 4) is 0 Å². The minimum atomic E-state index is -0.653. The van der Waals surface area contributed by atoms with Gasteiger partial charge in [0.15, 0.2) is 0 Å². The molecule has 3 fully saturated rings. The Morgan fingerprint density at radius 1 is 0.792 bits per heavy atom. The Morgan fingerprint density at radius 2 is 1.46 bits per heavy atom. The summed E-state index contributed by atoms with van der Waals surface area (Å²) >= 11 is 0. The molecule has 1 N–H and O–H groups in total. The van der Waals surface area contributed by atoms with E-state index in [1.807, 2.05) is 0 Å². The number of carbonyl (C=O) groups is 1. The van der Waals surface area contributed by atoms with Crippen LogP contribution in [0.25, 0.3) is 0 Å². The number of hydrogen-bond donors (Lipinski definition) is 1. The van der Waals surface area contributed by atoms with Crippen LogP contribution < -0.4 is 0 Å². The average Bonchev–Trinajstić information content (AvgIpc) is 3.41. The Bertz CT molecular complexity index is 969. The predicted octanol–water partition coefficient (Wildman–Crippen LogP) is 13.7. The third-order valence-electron chi connectivity index (χ3n) is 14.7. The first-order valence-electron chi connectivity index (χ1n) is 21.6. The predicted molar refractivity (Wildman–Crippen MR) is 204 cm³/mol. The van der Waals surface area contributed by atoms with Crippen molar-refractivity contribution in [1.82, 2.24) is 0 Å². The average molecular weight is 669 g/mol. The van der Waals surface area contributed by atoms with Gasteiger partial charge in [-0.1, -0.05) is 143 Å². The standard InChI is InChI=1S/C45H80O3/c1-7-8-9-16-22-37(23-17-14-12-10-11-13-15-18-24-43(46)47)48-38-29-31-44(5)36(33-38)25-26-39-41-28-27-40(35(4)21-19-20-34(2)3)45(41,6)32-30-42(39)44/h25,34-35,37-42H,7-24,26-33H2,1-6H3,(H,46,47)/t35-,37?,38+,39+,40-,41+,42+,44+,45-/m1/s1. The van der Waals surface area contributed by atoms with Crippen molar-refractivity contribution in [2.24, 2.45) is 46.3 Å². The third kappa shape index (κ3) is 10.8. The minimum absolute atomic E-state index is 0.330. The molecular weight excluding hydrogens is 588 g/mol. The lowest BCUT2D eigenvalue weighted by Gasteiger charge is -2.58. The van der Waals surface area contributed by atoms with Gasteiger partial charge in [0.05, 0.1) is 12.2 Å². The van der Waals surface area contributed by atoms with E-state index in [0.29, 0.717) is 29.5 Å². The van der Waals surface area contributed by atoms with Crippen molar-refractivity contribution in [2.75, 3.05) is 0 Å². The zero-order chi connectivity index (χ0) is 34.6. The van der Waals surface area contributed by atoms with Crippen LogP contribution in [0.1, 0.15) is 208 Å². The van der Waals surface area contributed by atoms with Gasteiger partial charge < -0.3 is 9.84 Å². The van der Waals surface area contributed by atoms with Crippen LogP contribution >= 0.6 is 0 Å². The Hall–Kier alpha value is -0.830. The molecule has 3 saturated carbocycles. The summed E-state index contributed by atoms with van der Waals surface area (Å²) in [4.78, 5) is 10.7. The van der Waals surface area contributed by atoms with Crippen molar-refractivity contribution in [3.05, 3.63) is 11.6 Å². The molecule has 3 nitrogen and oxygen atoms in total. The quantitative estimate of drug-likeness (QED) is 0.0870. The number of aliphatic carboxylic acids is 1. The van der Waals surface area contributed by atoms with Crippen molar-refractivity contribution >= 4 is 5.97 Å². The molecule has 0 bridgehead atoms. The first-order chi connectivity index (χ1) is 23.1. The summed E-state index contributed by atoms with van der Waals surface area (Å²) in [6, 6.07) is 0. The van der Waals surface area contributed by atoms with Gasteiger partial charge in [-0.15, -0.1) is 0 Å². The molecule has 0 saturated heterocycles. The van der Waals surface area contributed by atoms with Crippen LogP contribution in [0, 0.1) is 46.3 Å². The van der Waals surface area contributed by atoms with Crippen LogP contribution in [0.2, 0.25) is 0 Å². The van der Waals surface area contributed by atoms with Crippen molar-refractivity contribution < 1.29 is 14.6 Å². The molecule has 0 aromatic carbocycles. The van der Waals surface area contributed by atoms with Crippen LogP contribution in [0.4, 0.5) is 0 Å². The van der Waals surface area contributed by atoms with Crippen LogP contribution in [-0.2, 0) is 9.53 Å². The molecule has 4 aliphatic carbocycles. The van der Waals surface area contributed by atoms with Gasteiger partial charge in [-0.2, -0.15) is 0 Å². The lowest BCUT2D eigenvalue weighted by molar-refractivity contribution is -0.137. The number of carboxylic acid groups (broad SMARTS) is 1. The van der Waals surface area contributed by atoms with E-state index >= 15 is 0 Å². The van der Waals surface area contributed by atoms with Gasteiger partial charge in [0, 0.05) is 6.42 Å². The molecule has 4 rings (SSSR count). The zero-order valence-corrected chi connectivity index (χ0v) is 32.8. The first-order valence-corrected chi connectivity index (χ1v) is 21.6. The molecule has 278 valence electrons. The van der Waals surface area contributed by atoms with Gasteiger partial charge in [0.2, 0.25) is 0 Å². The topological polar surface area (TPSA) is 46.5 Å². The highest BCUT2D eigenvalue weighted by Gasteiger charge is 2.59. The van der Waals surface area contributed by atoms with E-state index in [1.54, 1.807) is 5.57 Å². The van der Waals surface area contributed by atoms with E-state index in [2.05, 4.69) is 47.6 Å². The van der Waals surface area contributed by atoms with Gasteiger partial charge >= 0.3 is 5.97 Å². The molecule has 4 aliphatic rings. The van der Waals surface area contributed by atoms with Crippen molar-refractivity contribution in [2.45, 2.75) is 221 Å². The number of hydrogen-bond acceptors (Lipinski definition) is 2. The minimum Gasteiger partial charge on any atom is -0.481 e. The fraction of sp³-hybridized carbons (Fsp3) is 0.933. The summed E-state index contributed by atoms with van der Waals surface area (Å²) in [5.74, 6) is 4.79. The van der Waals surface area contributed by atoms with Gasteiger partial charge in [0.1, 0.15) is 0 Å². The number of ether oxygens (including phenoxy) is 1. The fourth-order valence-corrected chi connectivity index (χ4v) is 11.8. The molecule has 48 heavy (non-hydrogen) atoms. The molecule has 1 unspecified atom stereocenters. The molecule has 0 aromatic heterocycles. The lowest BCUT2D eigenvalue weighted by Crippen LogP contribution is -2.51. The maximum atomic E-state index is 10.7.